The van der Waals surface area contributed by atoms with Gasteiger partial charge in [0, 0.05) is 24.6 Å². The number of nitrogen functional groups attached to an aromatic ring is 1. The Kier molecular flexibility index (Phi) is 5.09. The molecule has 0 bridgehead atoms. The molecule has 17 heavy (non-hydrogen) atoms. The molecule has 3 nitrogen and oxygen atoms in total. The molecule has 0 aliphatic heterocycles. The quantitative estimate of drug-likeness (QED) is 0.598. The molecular formula is C14H18N2O. The normalized spacial score (nSPS) is 11.5. The summed E-state index contributed by atoms with van der Waals surface area (Å²) in [5, 5.41) is 2.85. The number of amides is 1. The van der Waals surface area contributed by atoms with Gasteiger partial charge in [0.25, 0.3) is 0 Å². The van der Waals surface area contributed by atoms with Crippen LogP contribution in [0.5, 0.6) is 0 Å². The van der Waals surface area contributed by atoms with E-state index in [9.17, 15) is 4.79 Å². The zero-order valence-corrected chi connectivity index (χ0v) is 10.1. The fourth-order valence-electron chi connectivity index (χ4n) is 1.58. The van der Waals surface area contributed by atoms with Crippen molar-refractivity contribution in [2.45, 2.75) is 32.2 Å². The van der Waals surface area contributed by atoms with Crippen molar-refractivity contribution in [2.75, 3.05) is 5.73 Å². The van der Waals surface area contributed by atoms with Crippen LogP contribution in [0.4, 0.5) is 5.69 Å². The van der Waals surface area contributed by atoms with Crippen LogP contribution in [0, 0.1) is 12.3 Å². The van der Waals surface area contributed by atoms with E-state index >= 15 is 0 Å². The lowest BCUT2D eigenvalue weighted by molar-refractivity contribution is -0.121. The number of hydrogen-bond acceptors (Lipinski definition) is 2. The summed E-state index contributed by atoms with van der Waals surface area (Å²) in [5.41, 5.74) is 7.54. The van der Waals surface area contributed by atoms with E-state index in [-0.39, 0.29) is 11.9 Å². The van der Waals surface area contributed by atoms with Crippen LogP contribution in [-0.2, 0) is 11.2 Å². The zero-order chi connectivity index (χ0) is 12.7. The van der Waals surface area contributed by atoms with Crippen molar-refractivity contribution in [3.63, 3.8) is 0 Å². The first-order valence-electron chi connectivity index (χ1n) is 5.69. The van der Waals surface area contributed by atoms with Gasteiger partial charge in [-0.3, -0.25) is 4.79 Å². The standard InChI is InChI=1S/C14H18N2O/c1-3-6-11(2)16-14(17)10-9-12-7-4-5-8-13(12)15/h1,4-5,7-8,11H,6,9-10,15H2,2H3,(H,16,17). The van der Waals surface area contributed by atoms with Gasteiger partial charge in [-0.1, -0.05) is 18.2 Å². The molecule has 0 saturated carbocycles. The first kappa shape index (κ1) is 13.1. The third-order valence-corrected chi connectivity index (χ3v) is 2.51. The van der Waals surface area contributed by atoms with Crippen molar-refractivity contribution in [1.29, 1.82) is 0 Å². The Hall–Kier alpha value is -1.95. The number of rotatable bonds is 5. The van der Waals surface area contributed by atoms with E-state index in [1.807, 2.05) is 31.2 Å². The van der Waals surface area contributed by atoms with Gasteiger partial charge in [-0.2, -0.15) is 0 Å². The van der Waals surface area contributed by atoms with E-state index in [0.29, 0.717) is 19.3 Å². The summed E-state index contributed by atoms with van der Waals surface area (Å²) in [6.07, 6.45) is 6.81. The third-order valence-electron chi connectivity index (χ3n) is 2.51. The fraction of sp³-hybridized carbons (Fsp3) is 0.357. The predicted octanol–water partition coefficient (Wildman–Crippen LogP) is 1.73. The highest BCUT2D eigenvalue weighted by Gasteiger charge is 2.07. The van der Waals surface area contributed by atoms with Gasteiger partial charge in [0.1, 0.15) is 0 Å². The second-order valence-electron chi connectivity index (χ2n) is 4.08. The molecule has 1 aromatic carbocycles. The summed E-state index contributed by atoms with van der Waals surface area (Å²) >= 11 is 0. The molecule has 1 rings (SSSR count). The summed E-state index contributed by atoms with van der Waals surface area (Å²) in [7, 11) is 0. The van der Waals surface area contributed by atoms with E-state index in [1.54, 1.807) is 0 Å². The van der Waals surface area contributed by atoms with E-state index in [1.165, 1.54) is 0 Å². The van der Waals surface area contributed by atoms with Crippen LogP contribution < -0.4 is 11.1 Å². The summed E-state index contributed by atoms with van der Waals surface area (Å²) in [6, 6.07) is 7.61. The first-order chi connectivity index (χ1) is 8.13. The lowest BCUT2D eigenvalue weighted by Crippen LogP contribution is -2.32. The number of nitrogens with two attached hydrogens (primary N) is 1. The van der Waals surface area contributed by atoms with Crippen LogP contribution in [0.15, 0.2) is 24.3 Å². The number of anilines is 1. The molecule has 0 saturated heterocycles. The SMILES string of the molecule is C#CCC(C)NC(=O)CCc1ccccc1N. The molecule has 90 valence electrons. The molecule has 0 fully saturated rings. The molecule has 3 N–H and O–H groups in total. The van der Waals surface area contributed by atoms with Crippen molar-refractivity contribution < 1.29 is 4.79 Å². The lowest BCUT2D eigenvalue weighted by atomic mass is 10.1. The van der Waals surface area contributed by atoms with Gasteiger partial charge >= 0.3 is 0 Å². The number of benzene rings is 1. The largest absolute Gasteiger partial charge is 0.399 e. The molecular weight excluding hydrogens is 212 g/mol. The van der Waals surface area contributed by atoms with Crippen molar-refractivity contribution in [3.8, 4) is 12.3 Å². The summed E-state index contributed by atoms with van der Waals surface area (Å²) in [5.74, 6) is 2.53. The Morgan fingerprint density at radius 3 is 2.88 bits per heavy atom. The van der Waals surface area contributed by atoms with Crippen molar-refractivity contribution >= 4 is 11.6 Å². The maximum atomic E-state index is 11.6. The van der Waals surface area contributed by atoms with E-state index in [0.717, 1.165) is 11.3 Å². The van der Waals surface area contributed by atoms with Crippen LogP contribution >= 0.6 is 0 Å². The van der Waals surface area contributed by atoms with Gasteiger partial charge in [0.05, 0.1) is 0 Å². The molecule has 0 aliphatic rings. The molecule has 0 radical (unpaired) electrons. The average molecular weight is 230 g/mol. The Morgan fingerprint density at radius 1 is 1.53 bits per heavy atom. The molecule has 1 atom stereocenters. The van der Waals surface area contributed by atoms with E-state index < -0.39 is 0 Å². The maximum absolute atomic E-state index is 11.6. The predicted molar refractivity (Wildman–Crippen MR) is 70.2 cm³/mol. The Labute approximate surface area is 102 Å². The van der Waals surface area contributed by atoms with Crippen molar-refractivity contribution in [2.24, 2.45) is 0 Å². The summed E-state index contributed by atoms with van der Waals surface area (Å²) < 4.78 is 0. The second kappa shape index (κ2) is 6.59. The van der Waals surface area contributed by atoms with Crippen molar-refractivity contribution in [3.05, 3.63) is 29.8 Å². The van der Waals surface area contributed by atoms with Crippen LogP contribution in [0.3, 0.4) is 0 Å². The van der Waals surface area contributed by atoms with Crippen LogP contribution in [0.1, 0.15) is 25.3 Å². The number of terminal acetylenes is 1. The summed E-state index contributed by atoms with van der Waals surface area (Å²) in [6.45, 7) is 1.90. The lowest BCUT2D eigenvalue weighted by Gasteiger charge is -2.11. The first-order valence-corrected chi connectivity index (χ1v) is 5.69. The molecule has 1 amide bonds. The zero-order valence-electron chi connectivity index (χ0n) is 10.1. The number of carbonyl (C=O) groups is 1. The van der Waals surface area contributed by atoms with Gasteiger partial charge in [-0.15, -0.1) is 12.3 Å². The highest BCUT2D eigenvalue weighted by molar-refractivity contribution is 5.76. The minimum absolute atomic E-state index is 0.0102. The number of carbonyl (C=O) groups excluding carboxylic acids is 1. The molecule has 0 heterocycles. The average Bonchev–Trinajstić information content (AvgIpc) is 2.28. The highest BCUT2D eigenvalue weighted by Crippen LogP contribution is 2.12. The van der Waals surface area contributed by atoms with E-state index in [4.69, 9.17) is 12.2 Å². The second-order valence-corrected chi connectivity index (χ2v) is 4.08. The Bertz CT molecular complexity index is 420. The van der Waals surface area contributed by atoms with Gasteiger partial charge in [0.2, 0.25) is 5.91 Å². The van der Waals surface area contributed by atoms with Gasteiger partial charge in [-0.25, -0.2) is 0 Å². The van der Waals surface area contributed by atoms with Crippen LogP contribution in [-0.4, -0.2) is 11.9 Å². The topological polar surface area (TPSA) is 55.1 Å². The third kappa shape index (κ3) is 4.60. The van der Waals surface area contributed by atoms with Crippen LogP contribution in [0.25, 0.3) is 0 Å². The molecule has 1 aromatic rings. The monoisotopic (exact) mass is 230 g/mol. The van der Waals surface area contributed by atoms with Gasteiger partial charge in [0.15, 0.2) is 0 Å². The fourth-order valence-corrected chi connectivity index (χ4v) is 1.58. The molecule has 0 aliphatic carbocycles. The van der Waals surface area contributed by atoms with E-state index in [2.05, 4.69) is 11.2 Å². The van der Waals surface area contributed by atoms with Crippen LogP contribution in [0.2, 0.25) is 0 Å². The summed E-state index contributed by atoms with van der Waals surface area (Å²) in [4.78, 5) is 11.6. The van der Waals surface area contributed by atoms with Gasteiger partial charge in [-0.05, 0) is 25.0 Å². The maximum Gasteiger partial charge on any atom is 0.220 e. The number of hydrogen-bond donors (Lipinski definition) is 2. The molecule has 1 unspecified atom stereocenters. The Balaban J connectivity index is 2.39. The molecule has 0 aromatic heterocycles. The smallest absolute Gasteiger partial charge is 0.220 e. The number of aryl methyl sites for hydroxylation is 1. The molecule has 0 spiro atoms. The minimum atomic E-state index is 0.0102. The number of nitrogens with one attached hydrogen (secondary N) is 1. The highest BCUT2D eigenvalue weighted by atomic mass is 16.1. The van der Waals surface area contributed by atoms with Gasteiger partial charge < -0.3 is 11.1 Å². The number of para-hydroxylation sites is 1. The molecule has 3 heteroatoms. The van der Waals surface area contributed by atoms with Crippen molar-refractivity contribution in [1.82, 2.24) is 5.32 Å². The minimum Gasteiger partial charge on any atom is -0.399 e. The Morgan fingerprint density at radius 2 is 2.24 bits per heavy atom.